The molecule has 1 aliphatic carbocycles. The van der Waals surface area contributed by atoms with Crippen molar-refractivity contribution in [2.45, 2.75) is 37.8 Å². The maximum Gasteiger partial charge on any atom is 0.194 e. The van der Waals surface area contributed by atoms with E-state index in [2.05, 4.69) is 0 Å². The van der Waals surface area contributed by atoms with Gasteiger partial charge in [0.05, 0.1) is 0 Å². The first-order valence-corrected chi connectivity index (χ1v) is 5.32. The summed E-state index contributed by atoms with van der Waals surface area (Å²) in [5, 5.41) is 0. The molecule has 1 aliphatic rings. The lowest BCUT2D eigenvalue weighted by molar-refractivity contribution is 0.385. The van der Waals surface area contributed by atoms with Crippen LogP contribution in [0.2, 0.25) is 0 Å². The Balaban J connectivity index is 2.31. The van der Waals surface area contributed by atoms with Gasteiger partial charge < -0.3 is 4.52 Å². The Bertz CT molecular complexity index is 119. The van der Waals surface area contributed by atoms with Gasteiger partial charge in [0.2, 0.25) is 0 Å². The normalized spacial score (nSPS) is 24.5. The molecule has 0 amide bonds. The zero-order valence-corrected chi connectivity index (χ0v) is 7.43. The molecule has 10 heavy (non-hydrogen) atoms. The molecular formula is C7H15O2P. The van der Waals surface area contributed by atoms with Gasteiger partial charge in [-0.1, -0.05) is 19.3 Å². The zero-order valence-electron chi connectivity index (χ0n) is 6.43. The Labute approximate surface area is 62.8 Å². The highest BCUT2D eigenvalue weighted by atomic mass is 31.1. The number of hydrogen-bond donors (Lipinski definition) is 0. The molecule has 0 aromatic carbocycles. The highest BCUT2D eigenvalue weighted by Gasteiger charge is 2.18. The molecule has 0 saturated heterocycles. The SMILES string of the molecule is CO[PH](=O)C1CCCCC1. The van der Waals surface area contributed by atoms with Gasteiger partial charge in [0, 0.05) is 12.8 Å². The van der Waals surface area contributed by atoms with E-state index in [9.17, 15) is 4.57 Å². The molecule has 1 atom stereocenters. The topological polar surface area (TPSA) is 26.3 Å². The Morgan fingerprint density at radius 2 is 1.90 bits per heavy atom. The smallest absolute Gasteiger partial charge is 0.194 e. The van der Waals surface area contributed by atoms with E-state index in [0.29, 0.717) is 5.66 Å². The van der Waals surface area contributed by atoms with Gasteiger partial charge in [0.1, 0.15) is 0 Å². The highest BCUT2D eigenvalue weighted by molar-refractivity contribution is 7.40. The van der Waals surface area contributed by atoms with Crippen molar-refractivity contribution >= 4 is 8.03 Å². The van der Waals surface area contributed by atoms with E-state index in [0.717, 1.165) is 12.8 Å². The van der Waals surface area contributed by atoms with Crippen LogP contribution in [0, 0.1) is 0 Å². The largest absolute Gasteiger partial charge is 0.334 e. The van der Waals surface area contributed by atoms with Crippen molar-refractivity contribution in [1.82, 2.24) is 0 Å². The summed E-state index contributed by atoms with van der Waals surface area (Å²) >= 11 is 0. The molecule has 0 heterocycles. The van der Waals surface area contributed by atoms with Crippen molar-refractivity contribution in [3.63, 3.8) is 0 Å². The lowest BCUT2D eigenvalue weighted by Gasteiger charge is -2.19. The Hall–Kier alpha value is 0.190. The van der Waals surface area contributed by atoms with E-state index < -0.39 is 8.03 Å². The first-order chi connectivity index (χ1) is 4.84. The Morgan fingerprint density at radius 3 is 2.40 bits per heavy atom. The van der Waals surface area contributed by atoms with Crippen LogP contribution in [0.5, 0.6) is 0 Å². The van der Waals surface area contributed by atoms with Gasteiger partial charge in [-0.25, -0.2) is 0 Å². The van der Waals surface area contributed by atoms with E-state index in [1.807, 2.05) is 0 Å². The van der Waals surface area contributed by atoms with Crippen LogP contribution in [0.1, 0.15) is 32.1 Å². The molecule has 1 unspecified atom stereocenters. The van der Waals surface area contributed by atoms with Crippen molar-refractivity contribution in [3.05, 3.63) is 0 Å². The first-order valence-electron chi connectivity index (χ1n) is 3.92. The van der Waals surface area contributed by atoms with Crippen LogP contribution in [0.4, 0.5) is 0 Å². The van der Waals surface area contributed by atoms with Crippen LogP contribution in [-0.2, 0) is 9.09 Å². The summed E-state index contributed by atoms with van der Waals surface area (Å²) in [7, 11) is -0.128. The summed E-state index contributed by atoms with van der Waals surface area (Å²) in [6.45, 7) is 0. The minimum absolute atomic E-state index is 0.392. The fourth-order valence-electron chi connectivity index (χ4n) is 1.50. The van der Waals surface area contributed by atoms with Crippen molar-refractivity contribution in [2.75, 3.05) is 7.11 Å². The van der Waals surface area contributed by atoms with E-state index in [4.69, 9.17) is 4.52 Å². The third kappa shape index (κ3) is 2.10. The molecule has 60 valence electrons. The summed E-state index contributed by atoms with van der Waals surface area (Å²) in [5.41, 5.74) is 0.392. The minimum Gasteiger partial charge on any atom is -0.334 e. The maximum atomic E-state index is 11.1. The molecule has 1 fully saturated rings. The van der Waals surface area contributed by atoms with Gasteiger partial charge in [-0.2, -0.15) is 0 Å². The summed E-state index contributed by atoms with van der Waals surface area (Å²) in [6.07, 6.45) is 6.03. The van der Waals surface area contributed by atoms with E-state index >= 15 is 0 Å². The van der Waals surface area contributed by atoms with Crippen molar-refractivity contribution in [1.29, 1.82) is 0 Å². The van der Waals surface area contributed by atoms with E-state index in [-0.39, 0.29) is 0 Å². The molecule has 0 aromatic rings. The fourth-order valence-corrected chi connectivity index (χ4v) is 2.72. The molecule has 1 rings (SSSR count). The third-order valence-corrected chi connectivity index (χ3v) is 3.79. The quantitative estimate of drug-likeness (QED) is 0.583. The van der Waals surface area contributed by atoms with Gasteiger partial charge in [-0.15, -0.1) is 0 Å². The average molecular weight is 162 g/mol. The van der Waals surface area contributed by atoms with E-state index in [1.54, 1.807) is 7.11 Å². The molecular weight excluding hydrogens is 147 g/mol. The van der Waals surface area contributed by atoms with Gasteiger partial charge in [0.25, 0.3) is 0 Å². The van der Waals surface area contributed by atoms with Gasteiger partial charge in [-0.05, 0) is 12.8 Å². The van der Waals surface area contributed by atoms with Crippen LogP contribution in [0.3, 0.4) is 0 Å². The molecule has 0 aliphatic heterocycles. The molecule has 3 heteroatoms. The third-order valence-electron chi connectivity index (χ3n) is 2.14. The van der Waals surface area contributed by atoms with Crippen LogP contribution >= 0.6 is 8.03 Å². The average Bonchev–Trinajstić information content (AvgIpc) is 2.05. The maximum absolute atomic E-state index is 11.1. The van der Waals surface area contributed by atoms with Crippen LogP contribution in [0.15, 0.2) is 0 Å². The van der Waals surface area contributed by atoms with E-state index in [1.165, 1.54) is 19.3 Å². The van der Waals surface area contributed by atoms with Crippen molar-refractivity contribution in [2.24, 2.45) is 0 Å². The molecule has 0 spiro atoms. The van der Waals surface area contributed by atoms with Crippen LogP contribution in [0.25, 0.3) is 0 Å². The lowest BCUT2D eigenvalue weighted by atomic mass is 10.0. The monoisotopic (exact) mass is 162 g/mol. The fraction of sp³-hybridized carbons (Fsp3) is 1.00. The second-order valence-corrected chi connectivity index (χ2v) is 4.72. The second kappa shape index (κ2) is 4.15. The Morgan fingerprint density at radius 1 is 1.30 bits per heavy atom. The van der Waals surface area contributed by atoms with Gasteiger partial charge in [0.15, 0.2) is 8.03 Å². The molecule has 0 bridgehead atoms. The van der Waals surface area contributed by atoms with Crippen molar-refractivity contribution < 1.29 is 9.09 Å². The Kier molecular flexibility index (Phi) is 3.44. The minimum atomic E-state index is -1.68. The number of rotatable bonds is 2. The highest BCUT2D eigenvalue weighted by Crippen LogP contribution is 2.38. The van der Waals surface area contributed by atoms with Crippen LogP contribution < -0.4 is 0 Å². The summed E-state index contributed by atoms with van der Waals surface area (Å²) in [5.74, 6) is 0. The zero-order chi connectivity index (χ0) is 7.40. The second-order valence-electron chi connectivity index (χ2n) is 2.86. The summed E-state index contributed by atoms with van der Waals surface area (Å²) in [4.78, 5) is 0. The molecule has 0 aromatic heterocycles. The van der Waals surface area contributed by atoms with Gasteiger partial charge >= 0.3 is 0 Å². The number of hydrogen-bond acceptors (Lipinski definition) is 2. The standard InChI is InChI=1S/C7H15O2P/c1-9-10(8)7-5-3-2-4-6-7/h7,10H,2-6H2,1H3. The first kappa shape index (κ1) is 8.29. The summed E-state index contributed by atoms with van der Waals surface area (Å²) < 4.78 is 16.0. The van der Waals surface area contributed by atoms with Crippen LogP contribution in [-0.4, -0.2) is 12.8 Å². The molecule has 2 nitrogen and oxygen atoms in total. The molecule has 1 saturated carbocycles. The predicted molar refractivity (Wildman–Crippen MR) is 42.9 cm³/mol. The van der Waals surface area contributed by atoms with Gasteiger partial charge in [-0.3, -0.25) is 4.57 Å². The molecule has 0 radical (unpaired) electrons. The lowest BCUT2D eigenvalue weighted by Crippen LogP contribution is -2.07. The summed E-state index contributed by atoms with van der Waals surface area (Å²) in [6, 6.07) is 0. The van der Waals surface area contributed by atoms with Crippen molar-refractivity contribution in [3.8, 4) is 0 Å². The molecule has 0 N–H and O–H groups in total. The predicted octanol–water partition coefficient (Wildman–Crippen LogP) is 2.44.